The molecule has 140 valence electrons. The molecule has 1 aromatic carbocycles. The molecule has 7 nitrogen and oxygen atoms in total. The fourth-order valence-electron chi connectivity index (χ4n) is 2.56. The lowest BCUT2D eigenvalue weighted by Crippen LogP contribution is -2.21. The molecule has 0 saturated heterocycles. The molecule has 0 aliphatic carbocycles. The molecular formula is C18H16BrN3O4S. The van der Waals surface area contributed by atoms with Crippen LogP contribution < -0.4 is 10.9 Å². The third-order valence-electron chi connectivity index (χ3n) is 3.88. The summed E-state index contributed by atoms with van der Waals surface area (Å²) < 4.78 is 6.04. The number of aromatic nitrogens is 2. The van der Waals surface area contributed by atoms with Crippen LogP contribution in [0.4, 0.5) is 5.69 Å². The van der Waals surface area contributed by atoms with Crippen LogP contribution in [0, 0.1) is 20.8 Å². The standard InChI is InChI=1S/C18H16BrN3O4S/c1-8-6-11(4-5-12(8)19)22-13(23)7-26-18(25)15-9(2)14-16(24)20-10(3)21-17(14)27-15/h4-6H,7H2,1-3H3,(H,22,23)(H,20,21,24). The van der Waals surface area contributed by atoms with Crippen molar-refractivity contribution in [1.29, 1.82) is 0 Å². The summed E-state index contributed by atoms with van der Waals surface area (Å²) in [5.41, 5.74) is 1.78. The highest BCUT2D eigenvalue weighted by molar-refractivity contribution is 9.10. The minimum atomic E-state index is -0.658. The van der Waals surface area contributed by atoms with Gasteiger partial charge in [0.15, 0.2) is 6.61 Å². The van der Waals surface area contributed by atoms with E-state index in [2.05, 4.69) is 31.2 Å². The first-order chi connectivity index (χ1) is 12.8. The minimum absolute atomic E-state index is 0.265. The largest absolute Gasteiger partial charge is 0.451 e. The lowest BCUT2D eigenvalue weighted by molar-refractivity contribution is -0.119. The van der Waals surface area contributed by atoms with Gasteiger partial charge in [-0.2, -0.15) is 0 Å². The summed E-state index contributed by atoms with van der Waals surface area (Å²) >= 11 is 4.47. The van der Waals surface area contributed by atoms with E-state index in [0.717, 1.165) is 21.4 Å². The Kier molecular flexibility index (Phi) is 5.43. The third-order valence-corrected chi connectivity index (χ3v) is 5.94. The predicted molar refractivity (Wildman–Crippen MR) is 108 cm³/mol. The molecule has 0 aliphatic heterocycles. The number of hydrogen-bond donors (Lipinski definition) is 2. The van der Waals surface area contributed by atoms with Gasteiger partial charge in [0.05, 0.1) is 5.39 Å². The van der Waals surface area contributed by atoms with Gasteiger partial charge in [0.25, 0.3) is 11.5 Å². The van der Waals surface area contributed by atoms with E-state index >= 15 is 0 Å². The van der Waals surface area contributed by atoms with E-state index in [4.69, 9.17) is 4.74 Å². The number of fused-ring (bicyclic) bond motifs is 1. The Morgan fingerprint density at radius 2 is 2.04 bits per heavy atom. The van der Waals surface area contributed by atoms with Crippen LogP contribution in [0.5, 0.6) is 0 Å². The Balaban J connectivity index is 1.70. The number of benzene rings is 1. The number of thiophene rings is 1. The maximum absolute atomic E-state index is 12.3. The monoisotopic (exact) mass is 449 g/mol. The molecule has 2 aromatic heterocycles. The molecule has 0 unspecified atom stereocenters. The van der Waals surface area contributed by atoms with Crippen molar-refractivity contribution in [2.45, 2.75) is 20.8 Å². The molecule has 0 radical (unpaired) electrons. The molecular weight excluding hydrogens is 434 g/mol. The predicted octanol–water partition coefficient (Wildman–Crippen LogP) is 3.47. The van der Waals surface area contributed by atoms with Crippen LogP contribution in [0.3, 0.4) is 0 Å². The fraction of sp³-hybridized carbons (Fsp3) is 0.222. The highest BCUT2D eigenvalue weighted by Crippen LogP contribution is 2.27. The number of aryl methyl sites for hydroxylation is 3. The van der Waals surface area contributed by atoms with Crippen molar-refractivity contribution in [3.8, 4) is 0 Å². The summed E-state index contributed by atoms with van der Waals surface area (Å²) in [5, 5.41) is 3.04. The number of carbonyl (C=O) groups is 2. The van der Waals surface area contributed by atoms with Crippen LogP contribution in [0.1, 0.15) is 26.6 Å². The van der Waals surface area contributed by atoms with Crippen molar-refractivity contribution < 1.29 is 14.3 Å². The number of ether oxygens (including phenoxy) is 1. The van der Waals surface area contributed by atoms with Crippen LogP contribution in [0.15, 0.2) is 27.5 Å². The van der Waals surface area contributed by atoms with E-state index in [1.807, 2.05) is 13.0 Å². The quantitative estimate of drug-likeness (QED) is 0.593. The Morgan fingerprint density at radius 1 is 1.30 bits per heavy atom. The summed E-state index contributed by atoms with van der Waals surface area (Å²) in [7, 11) is 0. The number of nitrogens with one attached hydrogen (secondary N) is 2. The Hall–Kier alpha value is -2.52. The number of hydrogen-bond acceptors (Lipinski definition) is 6. The average Bonchev–Trinajstić information content (AvgIpc) is 2.93. The number of aromatic amines is 1. The van der Waals surface area contributed by atoms with Crippen LogP contribution in [-0.4, -0.2) is 28.5 Å². The molecule has 0 aliphatic rings. The second kappa shape index (κ2) is 7.61. The number of halogens is 1. The first kappa shape index (κ1) is 19.2. The van der Waals surface area contributed by atoms with Gasteiger partial charge in [-0.1, -0.05) is 15.9 Å². The summed E-state index contributed by atoms with van der Waals surface area (Å²) in [5.74, 6) is -0.636. The maximum Gasteiger partial charge on any atom is 0.349 e. The highest BCUT2D eigenvalue weighted by atomic mass is 79.9. The zero-order valence-electron chi connectivity index (χ0n) is 14.8. The number of H-pyrrole nitrogens is 1. The van der Waals surface area contributed by atoms with Crippen LogP contribution in [0.25, 0.3) is 10.2 Å². The Labute approximate surface area is 166 Å². The van der Waals surface area contributed by atoms with Gasteiger partial charge in [0.2, 0.25) is 0 Å². The van der Waals surface area contributed by atoms with Crippen molar-refractivity contribution in [2.24, 2.45) is 0 Å². The molecule has 9 heteroatoms. The minimum Gasteiger partial charge on any atom is -0.451 e. The van der Waals surface area contributed by atoms with Crippen molar-refractivity contribution in [2.75, 3.05) is 11.9 Å². The molecule has 3 aromatic rings. The molecule has 2 heterocycles. The van der Waals surface area contributed by atoms with E-state index in [9.17, 15) is 14.4 Å². The molecule has 0 saturated carbocycles. The normalized spacial score (nSPS) is 10.8. The van der Waals surface area contributed by atoms with Gasteiger partial charge in [-0.3, -0.25) is 9.59 Å². The summed E-state index contributed by atoms with van der Waals surface area (Å²) in [4.78, 5) is 44.0. The van der Waals surface area contributed by atoms with Crippen molar-refractivity contribution in [3.05, 3.63) is 54.9 Å². The molecule has 0 fully saturated rings. The van der Waals surface area contributed by atoms with Gasteiger partial charge in [0.1, 0.15) is 15.5 Å². The Bertz CT molecular complexity index is 1120. The second-order valence-corrected chi connectivity index (χ2v) is 7.83. The number of rotatable bonds is 4. The molecule has 1 amide bonds. The molecule has 2 N–H and O–H groups in total. The van der Waals surface area contributed by atoms with Crippen LogP contribution in [-0.2, 0) is 9.53 Å². The topological polar surface area (TPSA) is 101 Å². The van der Waals surface area contributed by atoms with Crippen molar-refractivity contribution >= 4 is 55.0 Å². The first-order valence-corrected chi connectivity index (χ1v) is 9.60. The summed E-state index contributed by atoms with van der Waals surface area (Å²) in [6.45, 7) is 4.81. The number of carbonyl (C=O) groups excluding carboxylic acids is 2. The van der Waals surface area contributed by atoms with Crippen molar-refractivity contribution in [3.63, 3.8) is 0 Å². The SMILES string of the molecule is Cc1nc2sc(C(=O)OCC(=O)Nc3ccc(Br)c(C)c3)c(C)c2c(=O)[nH]1. The van der Waals surface area contributed by atoms with E-state index in [-0.39, 0.29) is 10.4 Å². The molecule has 0 bridgehead atoms. The second-order valence-electron chi connectivity index (χ2n) is 5.98. The zero-order valence-corrected chi connectivity index (χ0v) is 17.2. The van der Waals surface area contributed by atoms with Gasteiger partial charge in [-0.25, -0.2) is 9.78 Å². The van der Waals surface area contributed by atoms with E-state index in [0.29, 0.717) is 27.3 Å². The number of nitrogens with zero attached hydrogens (tertiary/aromatic N) is 1. The molecule has 0 atom stereocenters. The lowest BCUT2D eigenvalue weighted by atomic mass is 10.2. The van der Waals surface area contributed by atoms with Crippen LogP contribution >= 0.6 is 27.3 Å². The van der Waals surface area contributed by atoms with E-state index in [1.165, 1.54) is 0 Å². The average molecular weight is 450 g/mol. The van der Waals surface area contributed by atoms with Gasteiger partial charge in [0, 0.05) is 10.2 Å². The lowest BCUT2D eigenvalue weighted by Gasteiger charge is -2.08. The van der Waals surface area contributed by atoms with Gasteiger partial charge >= 0.3 is 5.97 Å². The molecule has 27 heavy (non-hydrogen) atoms. The number of esters is 1. The maximum atomic E-state index is 12.3. The van der Waals surface area contributed by atoms with Gasteiger partial charge in [-0.15, -0.1) is 11.3 Å². The summed E-state index contributed by atoms with van der Waals surface area (Å²) in [6, 6.07) is 5.37. The highest BCUT2D eigenvalue weighted by Gasteiger charge is 2.20. The summed E-state index contributed by atoms with van der Waals surface area (Å²) in [6.07, 6.45) is 0. The number of amides is 1. The van der Waals surface area contributed by atoms with E-state index in [1.54, 1.807) is 26.0 Å². The molecule has 0 spiro atoms. The van der Waals surface area contributed by atoms with E-state index < -0.39 is 18.5 Å². The van der Waals surface area contributed by atoms with Gasteiger partial charge in [-0.05, 0) is 50.1 Å². The van der Waals surface area contributed by atoms with Crippen LogP contribution in [0.2, 0.25) is 0 Å². The smallest absolute Gasteiger partial charge is 0.349 e. The Morgan fingerprint density at radius 3 is 2.74 bits per heavy atom. The first-order valence-electron chi connectivity index (χ1n) is 7.99. The zero-order chi connectivity index (χ0) is 19.7. The fourth-order valence-corrected chi connectivity index (χ4v) is 3.93. The molecule has 3 rings (SSSR count). The van der Waals surface area contributed by atoms with Crippen molar-refractivity contribution in [1.82, 2.24) is 9.97 Å². The number of anilines is 1. The third kappa shape index (κ3) is 4.09. The van der Waals surface area contributed by atoms with Gasteiger partial charge < -0.3 is 15.0 Å².